The molecule has 0 aliphatic carbocycles. The second-order valence-corrected chi connectivity index (χ2v) is 8.12. The number of hydrogen-bond donors (Lipinski definition) is 2. The Kier molecular flexibility index (Phi) is 5.32. The van der Waals surface area contributed by atoms with Gasteiger partial charge in [0.15, 0.2) is 0 Å². The molecule has 4 rings (SSSR count). The summed E-state index contributed by atoms with van der Waals surface area (Å²) in [5.74, 6) is -0.0467. The van der Waals surface area contributed by atoms with Gasteiger partial charge in [0, 0.05) is 35.5 Å². The van der Waals surface area contributed by atoms with Crippen molar-refractivity contribution in [1.82, 2.24) is 9.55 Å². The highest BCUT2D eigenvalue weighted by molar-refractivity contribution is 7.92. The van der Waals surface area contributed by atoms with Crippen LogP contribution in [0.25, 0.3) is 5.69 Å². The van der Waals surface area contributed by atoms with E-state index >= 15 is 0 Å². The molecule has 0 radical (unpaired) electrons. The number of anilines is 2. The molecule has 2 heterocycles. The number of carbonyl (C=O) groups is 1. The van der Waals surface area contributed by atoms with Crippen LogP contribution in [0.3, 0.4) is 0 Å². The molecule has 8 heteroatoms. The quantitative estimate of drug-likeness (QED) is 0.496. The molecule has 30 heavy (non-hydrogen) atoms. The average Bonchev–Trinajstić information content (AvgIpc) is 3.30. The first-order valence-corrected chi connectivity index (χ1v) is 10.6. The minimum absolute atomic E-state index is 0.0715. The van der Waals surface area contributed by atoms with Crippen molar-refractivity contribution in [3.05, 3.63) is 103 Å². The van der Waals surface area contributed by atoms with E-state index in [1.165, 1.54) is 18.3 Å². The Hall–Kier alpha value is -3.91. The van der Waals surface area contributed by atoms with E-state index in [2.05, 4.69) is 15.0 Å². The molecule has 0 atom stereocenters. The molecule has 2 aromatic heterocycles. The maximum atomic E-state index is 12.5. The summed E-state index contributed by atoms with van der Waals surface area (Å²) in [6.45, 7) is 0. The van der Waals surface area contributed by atoms with Gasteiger partial charge in [0.05, 0.1) is 4.90 Å². The number of amides is 1. The lowest BCUT2D eigenvalue weighted by molar-refractivity contribution is 0.102. The monoisotopic (exact) mass is 418 g/mol. The largest absolute Gasteiger partial charge is 0.324 e. The van der Waals surface area contributed by atoms with Crippen LogP contribution in [-0.2, 0) is 10.0 Å². The molecule has 0 aliphatic heterocycles. The van der Waals surface area contributed by atoms with Crippen molar-refractivity contribution in [3.8, 4) is 5.69 Å². The van der Waals surface area contributed by atoms with Gasteiger partial charge in [0.25, 0.3) is 15.9 Å². The predicted molar refractivity (Wildman–Crippen MR) is 115 cm³/mol. The fourth-order valence-electron chi connectivity index (χ4n) is 2.83. The van der Waals surface area contributed by atoms with Gasteiger partial charge in [0.2, 0.25) is 0 Å². The van der Waals surface area contributed by atoms with Gasteiger partial charge < -0.3 is 9.88 Å². The lowest BCUT2D eigenvalue weighted by atomic mass is 10.2. The smallest absolute Gasteiger partial charge is 0.263 e. The molecule has 2 N–H and O–H groups in total. The number of carbonyl (C=O) groups excluding carboxylic acids is 1. The van der Waals surface area contributed by atoms with Gasteiger partial charge in [-0.2, -0.15) is 0 Å². The lowest BCUT2D eigenvalue weighted by Crippen LogP contribution is -2.14. The van der Waals surface area contributed by atoms with E-state index in [0.29, 0.717) is 11.3 Å². The van der Waals surface area contributed by atoms with Gasteiger partial charge in [-0.1, -0.05) is 6.07 Å². The summed E-state index contributed by atoms with van der Waals surface area (Å²) in [6, 6.07) is 21.9. The van der Waals surface area contributed by atoms with Gasteiger partial charge in [-0.05, 0) is 72.8 Å². The van der Waals surface area contributed by atoms with Crippen molar-refractivity contribution < 1.29 is 13.2 Å². The number of nitrogens with zero attached hydrogens (tertiary/aromatic N) is 2. The van der Waals surface area contributed by atoms with Crippen LogP contribution >= 0.6 is 0 Å². The Balaban J connectivity index is 1.43. The molecular weight excluding hydrogens is 400 g/mol. The van der Waals surface area contributed by atoms with Gasteiger partial charge in [-0.15, -0.1) is 0 Å². The fraction of sp³-hybridized carbons (Fsp3) is 0. The van der Waals surface area contributed by atoms with Crippen LogP contribution in [0.4, 0.5) is 11.5 Å². The highest BCUT2D eigenvalue weighted by Crippen LogP contribution is 2.18. The van der Waals surface area contributed by atoms with Crippen molar-refractivity contribution in [2.75, 3.05) is 10.0 Å². The first-order chi connectivity index (χ1) is 14.5. The van der Waals surface area contributed by atoms with Crippen molar-refractivity contribution >= 4 is 27.4 Å². The van der Waals surface area contributed by atoms with E-state index in [9.17, 15) is 13.2 Å². The zero-order valence-electron chi connectivity index (χ0n) is 15.8. The third-order valence-electron chi connectivity index (χ3n) is 4.36. The van der Waals surface area contributed by atoms with E-state index in [-0.39, 0.29) is 16.6 Å². The van der Waals surface area contributed by atoms with E-state index in [1.54, 1.807) is 42.5 Å². The van der Waals surface area contributed by atoms with E-state index < -0.39 is 10.0 Å². The van der Waals surface area contributed by atoms with Gasteiger partial charge in [-0.3, -0.25) is 9.52 Å². The maximum Gasteiger partial charge on any atom is 0.263 e. The Morgan fingerprint density at radius 2 is 1.53 bits per heavy atom. The van der Waals surface area contributed by atoms with Crippen LogP contribution in [0.2, 0.25) is 0 Å². The van der Waals surface area contributed by atoms with Gasteiger partial charge >= 0.3 is 0 Å². The first-order valence-electron chi connectivity index (χ1n) is 9.10. The van der Waals surface area contributed by atoms with Crippen molar-refractivity contribution in [1.29, 1.82) is 0 Å². The number of nitrogens with one attached hydrogen (secondary N) is 2. The third-order valence-corrected chi connectivity index (χ3v) is 5.73. The Morgan fingerprint density at radius 3 is 2.17 bits per heavy atom. The Bertz CT molecular complexity index is 1240. The van der Waals surface area contributed by atoms with Crippen molar-refractivity contribution in [3.63, 3.8) is 0 Å². The Morgan fingerprint density at radius 1 is 0.833 bits per heavy atom. The number of hydrogen-bond acceptors (Lipinski definition) is 4. The van der Waals surface area contributed by atoms with Crippen LogP contribution < -0.4 is 10.0 Å². The van der Waals surface area contributed by atoms with Crippen LogP contribution in [0.5, 0.6) is 0 Å². The van der Waals surface area contributed by atoms with Gasteiger partial charge in [-0.25, -0.2) is 13.4 Å². The lowest BCUT2D eigenvalue weighted by Gasteiger charge is -2.09. The second kappa shape index (κ2) is 8.22. The standard InChI is InChI=1S/C22H18N4O3S/c27-22(17-6-10-19(11-7-17)26-15-3-4-16-26)24-18-8-12-20(13-9-18)30(28,29)25-21-5-1-2-14-23-21/h1-16H,(H,23,25)(H,24,27). The average molecular weight is 418 g/mol. The molecule has 0 aliphatic rings. The summed E-state index contributed by atoms with van der Waals surface area (Å²) in [4.78, 5) is 16.5. The molecular formula is C22H18N4O3S. The highest BCUT2D eigenvalue weighted by atomic mass is 32.2. The van der Waals surface area contributed by atoms with E-state index in [1.807, 2.05) is 41.2 Å². The van der Waals surface area contributed by atoms with Crippen LogP contribution in [-0.4, -0.2) is 23.9 Å². The third kappa shape index (κ3) is 4.39. The highest BCUT2D eigenvalue weighted by Gasteiger charge is 2.15. The SMILES string of the molecule is O=C(Nc1ccc(S(=O)(=O)Nc2ccccn2)cc1)c1ccc(-n2cccc2)cc1. The second-order valence-electron chi connectivity index (χ2n) is 6.44. The molecule has 0 saturated carbocycles. The first kappa shape index (κ1) is 19.4. The molecule has 0 bridgehead atoms. The minimum atomic E-state index is -3.76. The van der Waals surface area contributed by atoms with Crippen molar-refractivity contribution in [2.24, 2.45) is 0 Å². The fourth-order valence-corrected chi connectivity index (χ4v) is 3.84. The molecule has 2 aromatic carbocycles. The summed E-state index contributed by atoms with van der Waals surface area (Å²) in [5, 5.41) is 2.77. The van der Waals surface area contributed by atoms with Gasteiger partial charge in [0.1, 0.15) is 5.82 Å². The molecule has 1 amide bonds. The minimum Gasteiger partial charge on any atom is -0.324 e. The predicted octanol–water partition coefficient (Wildman–Crippen LogP) is 3.93. The molecule has 7 nitrogen and oxygen atoms in total. The number of aromatic nitrogens is 2. The van der Waals surface area contributed by atoms with Crippen LogP contribution in [0.1, 0.15) is 10.4 Å². The maximum absolute atomic E-state index is 12.5. The zero-order chi connectivity index (χ0) is 21.0. The molecule has 0 spiro atoms. The normalized spacial score (nSPS) is 11.1. The van der Waals surface area contributed by atoms with Crippen LogP contribution in [0, 0.1) is 0 Å². The molecule has 0 fully saturated rings. The summed E-state index contributed by atoms with van der Waals surface area (Å²) < 4.78 is 29.2. The number of rotatable bonds is 6. The Labute approximate surface area is 174 Å². The summed E-state index contributed by atoms with van der Waals surface area (Å²) in [6.07, 6.45) is 5.35. The van der Waals surface area contributed by atoms with Crippen LogP contribution in [0.15, 0.2) is 102 Å². The summed E-state index contributed by atoms with van der Waals surface area (Å²) in [7, 11) is -3.76. The number of benzene rings is 2. The van der Waals surface area contributed by atoms with Crippen molar-refractivity contribution in [2.45, 2.75) is 4.90 Å². The summed E-state index contributed by atoms with van der Waals surface area (Å²) >= 11 is 0. The number of sulfonamides is 1. The number of pyridine rings is 1. The van der Waals surface area contributed by atoms with E-state index in [4.69, 9.17) is 0 Å². The zero-order valence-corrected chi connectivity index (χ0v) is 16.6. The summed E-state index contributed by atoms with van der Waals surface area (Å²) in [5.41, 5.74) is 1.94. The van der Waals surface area contributed by atoms with E-state index in [0.717, 1.165) is 5.69 Å². The molecule has 150 valence electrons. The molecule has 0 saturated heterocycles. The molecule has 4 aromatic rings. The molecule has 0 unspecified atom stereocenters. The topological polar surface area (TPSA) is 93.1 Å².